The molecule has 8 heterocycles. The van der Waals surface area contributed by atoms with Gasteiger partial charge >= 0.3 is 0 Å². The van der Waals surface area contributed by atoms with Gasteiger partial charge in [0.1, 0.15) is 23.8 Å². The number of fused-ring (bicyclic) bond motifs is 6. The van der Waals surface area contributed by atoms with Crippen LogP contribution in [0.15, 0.2) is 61.7 Å². The average molecular weight is 745 g/mol. The van der Waals surface area contributed by atoms with Gasteiger partial charge < -0.3 is 9.97 Å². The quantitative estimate of drug-likeness (QED) is 0.199. The summed E-state index contributed by atoms with van der Waals surface area (Å²) in [6.07, 6.45) is 19.8. The summed E-state index contributed by atoms with van der Waals surface area (Å²) in [5.41, 5.74) is 8.03. The predicted octanol–water partition coefficient (Wildman–Crippen LogP) is 6.06. The molecule has 0 saturated heterocycles. The van der Waals surface area contributed by atoms with Crippen LogP contribution in [0.3, 0.4) is 0 Å². The van der Waals surface area contributed by atoms with Gasteiger partial charge in [-0.3, -0.25) is 18.8 Å². The van der Waals surface area contributed by atoms with E-state index in [0.29, 0.717) is 35.1 Å². The van der Waals surface area contributed by atoms with E-state index >= 15 is 0 Å². The van der Waals surface area contributed by atoms with E-state index in [4.69, 9.17) is 10.5 Å². The molecule has 2 aliphatic rings. The van der Waals surface area contributed by atoms with Crippen LogP contribution in [0.1, 0.15) is 99.6 Å². The molecule has 8 aromatic rings. The molecule has 0 unspecified atom stereocenters. The van der Waals surface area contributed by atoms with E-state index in [1.807, 2.05) is 36.7 Å². The van der Waals surface area contributed by atoms with Gasteiger partial charge in [0, 0.05) is 36.6 Å². The number of hydrogen-bond donors (Lipinski definition) is 2. The number of nitrogens with zero attached hydrogens (tertiary/aromatic N) is 14. The minimum atomic E-state index is 0.0968. The molecule has 16 nitrogen and oxygen atoms in total. The molecule has 2 N–H and O–H groups in total. The first-order valence-corrected chi connectivity index (χ1v) is 18.9. The molecule has 56 heavy (non-hydrogen) atoms. The van der Waals surface area contributed by atoms with Crippen LogP contribution in [0.5, 0.6) is 0 Å². The average Bonchev–Trinajstić information content (AvgIpc) is 4.04. The molecular formula is C40H40N16. The molecule has 0 bridgehead atoms. The van der Waals surface area contributed by atoms with Gasteiger partial charge in [-0.2, -0.15) is 10.5 Å². The standard InChI is InChI=1S/2C20H20N8/c2*1-20(2)7-12(5-13-9-24-14(8-21)10-23-13)6-15(20)19-27-26-17-11-25-18-16(28(17)19)3-4-22-18/h2*3-4,9-12,15,22H,5-7H2,1-2H3/t2*12-,15-/m10/s1. The summed E-state index contributed by atoms with van der Waals surface area (Å²) in [6.45, 7) is 9.22. The van der Waals surface area contributed by atoms with E-state index < -0.39 is 0 Å². The van der Waals surface area contributed by atoms with Crippen molar-refractivity contribution in [2.45, 2.75) is 78.1 Å². The molecule has 4 atom stereocenters. The lowest BCUT2D eigenvalue weighted by atomic mass is 9.81. The topological polar surface area (TPSA) is 217 Å². The fraction of sp³-hybridized carbons (Fsp3) is 0.400. The first-order chi connectivity index (χ1) is 27.1. The van der Waals surface area contributed by atoms with Crippen LogP contribution < -0.4 is 0 Å². The van der Waals surface area contributed by atoms with Gasteiger partial charge in [-0.1, -0.05) is 27.7 Å². The van der Waals surface area contributed by atoms with E-state index in [0.717, 1.165) is 95.2 Å². The highest BCUT2D eigenvalue weighted by Gasteiger charge is 2.45. The van der Waals surface area contributed by atoms with Crippen molar-refractivity contribution in [3.05, 3.63) is 96.1 Å². The van der Waals surface area contributed by atoms with Crippen LogP contribution in [0.2, 0.25) is 0 Å². The van der Waals surface area contributed by atoms with Crippen LogP contribution in [-0.2, 0) is 12.8 Å². The SMILES string of the molecule is CC1(C)C[C@@H](Cc2cnc(C#N)cn2)C[C@H]1c1nnc2cnc3[nH]ccc3n12.CC1(C)C[C@H](Cc2cnc(C#N)cn2)C[C@@H]1c1nnc2cnc3[nH]ccc3n12. The molecule has 10 rings (SSSR count). The van der Waals surface area contributed by atoms with Crippen LogP contribution >= 0.6 is 0 Å². The third-order valence-corrected chi connectivity index (χ3v) is 11.8. The number of nitrogens with one attached hydrogen (secondary N) is 2. The zero-order chi connectivity index (χ0) is 38.6. The molecular weight excluding hydrogens is 705 g/mol. The Bertz CT molecular complexity index is 2580. The molecule has 2 aliphatic carbocycles. The molecule has 0 radical (unpaired) electrons. The zero-order valence-corrected chi connectivity index (χ0v) is 31.6. The van der Waals surface area contributed by atoms with Crippen molar-refractivity contribution < 1.29 is 0 Å². The van der Waals surface area contributed by atoms with Crippen LogP contribution in [0.4, 0.5) is 0 Å². The minimum absolute atomic E-state index is 0.0968. The maximum atomic E-state index is 8.89. The van der Waals surface area contributed by atoms with Crippen LogP contribution in [0.25, 0.3) is 33.6 Å². The van der Waals surface area contributed by atoms with Gasteiger partial charge in [0.15, 0.2) is 34.0 Å². The Morgan fingerprint density at radius 3 is 1.45 bits per heavy atom. The van der Waals surface area contributed by atoms with Crippen molar-refractivity contribution in [3.63, 3.8) is 0 Å². The summed E-state index contributed by atoms with van der Waals surface area (Å²) in [7, 11) is 0. The normalized spacial score (nSPS) is 21.3. The molecule has 16 heteroatoms. The maximum Gasteiger partial charge on any atom is 0.179 e. The summed E-state index contributed by atoms with van der Waals surface area (Å²) >= 11 is 0. The maximum absolute atomic E-state index is 8.89. The lowest BCUT2D eigenvalue weighted by molar-refractivity contribution is 0.313. The Kier molecular flexibility index (Phi) is 8.49. The fourth-order valence-corrected chi connectivity index (χ4v) is 9.34. The molecule has 2 fully saturated rings. The summed E-state index contributed by atoms with van der Waals surface area (Å²) in [4.78, 5) is 32.3. The van der Waals surface area contributed by atoms with Crippen molar-refractivity contribution in [1.29, 1.82) is 10.5 Å². The van der Waals surface area contributed by atoms with Gasteiger partial charge in [0.2, 0.25) is 0 Å². The van der Waals surface area contributed by atoms with Gasteiger partial charge in [-0.15, -0.1) is 20.4 Å². The first kappa shape index (κ1) is 35.0. The first-order valence-electron chi connectivity index (χ1n) is 18.9. The summed E-state index contributed by atoms with van der Waals surface area (Å²) in [6, 6.07) is 8.08. The highest BCUT2D eigenvalue weighted by molar-refractivity contribution is 5.75. The van der Waals surface area contributed by atoms with Gasteiger partial charge in [-0.05, 0) is 73.3 Å². The largest absolute Gasteiger partial charge is 0.345 e. The second-order valence-electron chi connectivity index (χ2n) is 16.6. The van der Waals surface area contributed by atoms with Crippen LogP contribution in [0, 0.1) is 45.3 Å². The summed E-state index contributed by atoms with van der Waals surface area (Å²) < 4.78 is 4.27. The lowest BCUT2D eigenvalue weighted by Gasteiger charge is -2.25. The molecule has 0 spiro atoms. The fourth-order valence-electron chi connectivity index (χ4n) is 9.34. The highest BCUT2D eigenvalue weighted by Crippen LogP contribution is 2.53. The van der Waals surface area contributed by atoms with Crippen LogP contribution in [-0.4, -0.2) is 69.1 Å². The molecule has 0 amide bonds. The number of rotatable bonds is 6. The van der Waals surface area contributed by atoms with E-state index in [-0.39, 0.29) is 10.8 Å². The number of aromatic amines is 2. The van der Waals surface area contributed by atoms with E-state index in [9.17, 15) is 0 Å². The van der Waals surface area contributed by atoms with Crippen molar-refractivity contribution in [2.75, 3.05) is 0 Å². The van der Waals surface area contributed by atoms with Gasteiger partial charge in [0.05, 0.1) is 47.2 Å². The number of nitriles is 2. The van der Waals surface area contributed by atoms with E-state index in [2.05, 4.69) is 96.8 Å². The third kappa shape index (κ3) is 6.26. The molecule has 0 aromatic carbocycles. The zero-order valence-electron chi connectivity index (χ0n) is 31.6. The minimum Gasteiger partial charge on any atom is -0.345 e. The Labute approximate surface area is 321 Å². The predicted molar refractivity (Wildman–Crippen MR) is 205 cm³/mol. The van der Waals surface area contributed by atoms with E-state index in [1.165, 1.54) is 0 Å². The second kappa shape index (κ2) is 13.6. The van der Waals surface area contributed by atoms with Crippen molar-refractivity contribution in [3.8, 4) is 12.1 Å². The molecule has 0 aliphatic heterocycles. The third-order valence-electron chi connectivity index (χ3n) is 11.8. The lowest BCUT2D eigenvalue weighted by Crippen LogP contribution is -2.18. The van der Waals surface area contributed by atoms with Crippen molar-refractivity contribution in [2.24, 2.45) is 22.7 Å². The Morgan fingerprint density at radius 2 is 1.05 bits per heavy atom. The summed E-state index contributed by atoms with van der Waals surface area (Å²) in [5.74, 6) is 3.55. The van der Waals surface area contributed by atoms with E-state index in [1.54, 1.807) is 37.2 Å². The van der Waals surface area contributed by atoms with Crippen molar-refractivity contribution in [1.82, 2.24) is 69.1 Å². The smallest absolute Gasteiger partial charge is 0.179 e. The van der Waals surface area contributed by atoms with Gasteiger partial charge in [0.25, 0.3) is 0 Å². The van der Waals surface area contributed by atoms with Crippen molar-refractivity contribution >= 4 is 33.6 Å². The Balaban J connectivity index is 0.000000146. The summed E-state index contributed by atoms with van der Waals surface area (Å²) in [5, 5.41) is 35.7. The molecule has 280 valence electrons. The number of H-pyrrole nitrogens is 2. The number of hydrogen-bond acceptors (Lipinski definition) is 12. The molecule has 2 saturated carbocycles. The Hall–Kier alpha value is -6.68. The monoisotopic (exact) mass is 744 g/mol. The second-order valence-corrected chi connectivity index (χ2v) is 16.6. The molecule has 8 aromatic heterocycles. The Morgan fingerprint density at radius 1 is 0.607 bits per heavy atom. The van der Waals surface area contributed by atoms with Gasteiger partial charge in [-0.25, -0.2) is 19.9 Å². The highest BCUT2D eigenvalue weighted by atomic mass is 15.3. The number of aromatic nitrogens is 14.